The summed E-state index contributed by atoms with van der Waals surface area (Å²) in [7, 11) is 0. The molecule has 3 heteroatoms. The van der Waals surface area contributed by atoms with Crippen LogP contribution < -0.4 is 0 Å². The minimum Gasteiger partial charge on any atom is -0.394 e. The molecule has 0 radical (unpaired) electrons. The van der Waals surface area contributed by atoms with Crippen LogP contribution in [0.2, 0.25) is 0 Å². The van der Waals surface area contributed by atoms with Crippen molar-refractivity contribution in [1.29, 1.82) is 0 Å². The van der Waals surface area contributed by atoms with Crippen molar-refractivity contribution in [3.8, 4) is 0 Å². The van der Waals surface area contributed by atoms with Gasteiger partial charge in [0.05, 0.1) is 12.6 Å². The van der Waals surface area contributed by atoms with Crippen LogP contribution in [0, 0.1) is 5.92 Å². The van der Waals surface area contributed by atoms with Gasteiger partial charge in [-0.05, 0) is 30.7 Å². The second-order valence-corrected chi connectivity index (χ2v) is 6.08. The van der Waals surface area contributed by atoms with E-state index in [2.05, 4.69) is 12.1 Å². The SMILES string of the molecule is O=C(C1CC1c1ccccc1)N1CCCCCC1CO. The Kier molecular flexibility index (Phi) is 4.06. The number of rotatable bonds is 3. The molecule has 0 bridgehead atoms. The number of aliphatic hydroxyl groups excluding tert-OH is 1. The lowest BCUT2D eigenvalue weighted by Crippen LogP contribution is -2.43. The van der Waals surface area contributed by atoms with Crippen LogP contribution >= 0.6 is 0 Å². The Morgan fingerprint density at radius 3 is 2.75 bits per heavy atom. The zero-order valence-electron chi connectivity index (χ0n) is 11.9. The van der Waals surface area contributed by atoms with Gasteiger partial charge in [0, 0.05) is 12.5 Å². The average Bonchev–Trinajstić information content (AvgIpc) is 3.30. The van der Waals surface area contributed by atoms with Gasteiger partial charge in [-0.25, -0.2) is 0 Å². The fourth-order valence-corrected chi connectivity index (χ4v) is 3.41. The number of carbonyl (C=O) groups excluding carboxylic acids is 1. The van der Waals surface area contributed by atoms with Crippen molar-refractivity contribution in [3.05, 3.63) is 35.9 Å². The number of amides is 1. The molecule has 0 spiro atoms. The number of likely N-dealkylation sites (tertiary alicyclic amines) is 1. The van der Waals surface area contributed by atoms with Crippen molar-refractivity contribution in [2.24, 2.45) is 5.92 Å². The van der Waals surface area contributed by atoms with Crippen LogP contribution in [0.4, 0.5) is 0 Å². The molecule has 1 aliphatic carbocycles. The van der Waals surface area contributed by atoms with E-state index in [9.17, 15) is 9.90 Å². The summed E-state index contributed by atoms with van der Waals surface area (Å²) >= 11 is 0. The largest absolute Gasteiger partial charge is 0.394 e. The second-order valence-electron chi connectivity index (χ2n) is 6.08. The third-order valence-electron chi connectivity index (χ3n) is 4.71. The van der Waals surface area contributed by atoms with Crippen LogP contribution in [-0.2, 0) is 4.79 Å². The quantitative estimate of drug-likeness (QED) is 0.919. The lowest BCUT2D eigenvalue weighted by atomic mass is 10.1. The molecule has 3 unspecified atom stereocenters. The normalized spacial score (nSPS) is 29.9. The fraction of sp³-hybridized carbons (Fsp3) is 0.588. The van der Waals surface area contributed by atoms with E-state index in [1.54, 1.807) is 0 Å². The molecule has 3 rings (SSSR count). The lowest BCUT2D eigenvalue weighted by Gasteiger charge is -2.29. The van der Waals surface area contributed by atoms with Gasteiger partial charge in [-0.2, -0.15) is 0 Å². The molecule has 1 aromatic rings. The van der Waals surface area contributed by atoms with Gasteiger partial charge < -0.3 is 10.0 Å². The van der Waals surface area contributed by atoms with Gasteiger partial charge in [0.25, 0.3) is 0 Å². The molecule has 1 N–H and O–H groups in total. The maximum Gasteiger partial charge on any atom is 0.226 e. The van der Waals surface area contributed by atoms with Crippen molar-refractivity contribution in [1.82, 2.24) is 4.90 Å². The van der Waals surface area contributed by atoms with Gasteiger partial charge in [-0.3, -0.25) is 4.79 Å². The lowest BCUT2D eigenvalue weighted by molar-refractivity contribution is -0.135. The highest BCUT2D eigenvalue weighted by molar-refractivity contribution is 5.83. The smallest absolute Gasteiger partial charge is 0.226 e. The number of benzene rings is 1. The van der Waals surface area contributed by atoms with Crippen molar-refractivity contribution in [2.75, 3.05) is 13.2 Å². The Morgan fingerprint density at radius 2 is 2.00 bits per heavy atom. The molecule has 1 amide bonds. The van der Waals surface area contributed by atoms with Crippen LogP contribution in [0.3, 0.4) is 0 Å². The summed E-state index contributed by atoms with van der Waals surface area (Å²) in [5, 5.41) is 9.53. The van der Waals surface area contributed by atoms with E-state index >= 15 is 0 Å². The third-order valence-corrected chi connectivity index (χ3v) is 4.71. The maximum absolute atomic E-state index is 12.7. The van der Waals surface area contributed by atoms with E-state index in [0.29, 0.717) is 5.92 Å². The summed E-state index contributed by atoms with van der Waals surface area (Å²) in [5.41, 5.74) is 1.28. The average molecular weight is 273 g/mol. The summed E-state index contributed by atoms with van der Waals surface area (Å²) in [6.45, 7) is 0.927. The number of hydrogen-bond donors (Lipinski definition) is 1. The van der Waals surface area contributed by atoms with E-state index < -0.39 is 0 Å². The van der Waals surface area contributed by atoms with E-state index in [4.69, 9.17) is 0 Å². The van der Waals surface area contributed by atoms with Gasteiger partial charge >= 0.3 is 0 Å². The van der Waals surface area contributed by atoms with Crippen LogP contribution in [-0.4, -0.2) is 35.1 Å². The first-order chi connectivity index (χ1) is 9.81. The number of hydrogen-bond acceptors (Lipinski definition) is 2. The first-order valence-corrected chi connectivity index (χ1v) is 7.77. The molecule has 2 fully saturated rings. The molecular weight excluding hydrogens is 250 g/mol. The van der Waals surface area contributed by atoms with Gasteiger partial charge in [0.15, 0.2) is 0 Å². The number of nitrogens with zero attached hydrogens (tertiary/aromatic N) is 1. The molecule has 108 valence electrons. The molecule has 2 aliphatic rings. The highest BCUT2D eigenvalue weighted by Gasteiger charge is 2.46. The molecule has 3 nitrogen and oxygen atoms in total. The van der Waals surface area contributed by atoms with Crippen LogP contribution in [0.15, 0.2) is 30.3 Å². The molecule has 1 aromatic carbocycles. The topological polar surface area (TPSA) is 40.5 Å². The minimum absolute atomic E-state index is 0.0435. The Labute approximate surface area is 120 Å². The zero-order valence-corrected chi connectivity index (χ0v) is 11.9. The standard InChI is InChI=1S/C17H23NO2/c19-12-14-9-5-2-6-10-18(14)17(20)16-11-15(16)13-7-3-1-4-8-13/h1,3-4,7-8,14-16,19H,2,5-6,9-12H2. The third kappa shape index (κ3) is 2.73. The molecule has 20 heavy (non-hydrogen) atoms. The summed E-state index contributed by atoms with van der Waals surface area (Å²) in [6, 6.07) is 10.4. The molecule has 1 saturated carbocycles. The predicted octanol–water partition coefficient (Wildman–Crippen LogP) is 2.55. The van der Waals surface area contributed by atoms with E-state index in [0.717, 1.165) is 32.2 Å². The minimum atomic E-state index is 0.0435. The van der Waals surface area contributed by atoms with Gasteiger partial charge in [-0.1, -0.05) is 43.2 Å². The Morgan fingerprint density at radius 1 is 1.20 bits per heavy atom. The second kappa shape index (κ2) is 5.96. The van der Waals surface area contributed by atoms with Crippen LogP contribution in [0.25, 0.3) is 0 Å². The predicted molar refractivity (Wildman–Crippen MR) is 78.3 cm³/mol. The van der Waals surface area contributed by atoms with Gasteiger partial charge in [0.2, 0.25) is 5.91 Å². The van der Waals surface area contributed by atoms with Crippen molar-refractivity contribution >= 4 is 5.91 Å². The zero-order chi connectivity index (χ0) is 13.9. The molecule has 1 heterocycles. The summed E-state index contributed by atoms with van der Waals surface area (Å²) in [5.74, 6) is 0.802. The van der Waals surface area contributed by atoms with Gasteiger partial charge in [-0.15, -0.1) is 0 Å². The Hall–Kier alpha value is -1.35. The number of carbonyl (C=O) groups is 1. The van der Waals surface area contributed by atoms with Crippen molar-refractivity contribution in [3.63, 3.8) is 0 Å². The monoisotopic (exact) mass is 273 g/mol. The van der Waals surface area contributed by atoms with Crippen LogP contribution in [0.1, 0.15) is 43.6 Å². The molecule has 1 saturated heterocycles. The summed E-state index contributed by atoms with van der Waals surface area (Å²) in [4.78, 5) is 14.6. The summed E-state index contributed by atoms with van der Waals surface area (Å²) < 4.78 is 0. The van der Waals surface area contributed by atoms with Crippen LogP contribution in [0.5, 0.6) is 0 Å². The fourth-order valence-electron chi connectivity index (χ4n) is 3.41. The highest BCUT2D eigenvalue weighted by Crippen LogP contribution is 2.48. The first kappa shape index (κ1) is 13.6. The molecule has 1 aliphatic heterocycles. The van der Waals surface area contributed by atoms with Crippen molar-refractivity contribution in [2.45, 2.75) is 44.1 Å². The van der Waals surface area contributed by atoms with E-state index in [1.165, 1.54) is 12.0 Å². The molecule has 0 aromatic heterocycles. The Balaban J connectivity index is 1.67. The highest BCUT2D eigenvalue weighted by atomic mass is 16.3. The van der Waals surface area contributed by atoms with E-state index in [1.807, 2.05) is 23.1 Å². The number of aliphatic hydroxyl groups is 1. The van der Waals surface area contributed by atoms with E-state index in [-0.39, 0.29) is 24.5 Å². The summed E-state index contributed by atoms with van der Waals surface area (Å²) in [6.07, 6.45) is 5.29. The van der Waals surface area contributed by atoms with Gasteiger partial charge in [0.1, 0.15) is 0 Å². The first-order valence-electron chi connectivity index (χ1n) is 7.77. The molecule has 3 atom stereocenters. The maximum atomic E-state index is 12.7. The Bertz CT molecular complexity index is 459. The molecular formula is C17H23NO2. The van der Waals surface area contributed by atoms with Crippen molar-refractivity contribution < 1.29 is 9.90 Å².